The van der Waals surface area contributed by atoms with E-state index in [2.05, 4.69) is 26.2 Å². The van der Waals surface area contributed by atoms with Crippen molar-refractivity contribution in [3.63, 3.8) is 0 Å². The molecule has 116 valence electrons. The summed E-state index contributed by atoms with van der Waals surface area (Å²) in [5.74, 6) is -0.443. The van der Waals surface area contributed by atoms with Crippen molar-refractivity contribution in [1.82, 2.24) is 4.98 Å². The quantitative estimate of drug-likeness (QED) is 0.546. The Hall–Kier alpha value is -1.25. The fourth-order valence-corrected chi connectivity index (χ4v) is 2.48. The number of aromatic nitrogens is 1. The summed E-state index contributed by atoms with van der Waals surface area (Å²) in [6, 6.07) is 6.85. The van der Waals surface area contributed by atoms with Crippen molar-refractivity contribution in [2.75, 3.05) is 5.32 Å². The Morgan fingerprint density at radius 2 is 1.91 bits per heavy atom. The van der Waals surface area contributed by atoms with Gasteiger partial charge in [-0.05, 0) is 58.0 Å². The highest BCUT2D eigenvalue weighted by atomic mass is 79.9. The van der Waals surface area contributed by atoms with Crippen molar-refractivity contribution in [1.29, 1.82) is 0 Å². The Bertz CT molecular complexity index is 695. The summed E-state index contributed by atoms with van der Waals surface area (Å²) in [6.07, 6.45) is 1.30. The second kappa shape index (κ2) is 6.89. The Morgan fingerprint density at radius 1 is 1.27 bits per heavy atom. The van der Waals surface area contributed by atoms with E-state index in [0.717, 1.165) is 0 Å². The summed E-state index contributed by atoms with van der Waals surface area (Å²) in [4.78, 5) is 15.9. The standard InChI is InChI=1S/C13H7BrClF3N2OS/c14-10-5-7(6-19-11(10)15)12(21)20-8-1-3-9(4-2-8)22-13(16,17)18/h1-6H,(H,20,21). The molecule has 1 aromatic heterocycles. The minimum atomic E-state index is -4.34. The number of hydrogen-bond acceptors (Lipinski definition) is 3. The van der Waals surface area contributed by atoms with E-state index < -0.39 is 11.4 Å². The van der Waals surface area contributed by atoms with E-state index in [-0.39, 0.29) is 27.4 Å². The van der Waals surface area contributed by atoms with Crippen LogP contribution >= 0.6 is 39.3 Å². The smallest absolute Gasteiger partial charge is 0.322 e. The number of carbonyl (C=O) groups is 1. The number of nitrogens with one attached hydrogen (secondary N) is 1. The normalized spacial score (nSPS) is 11.3. The van der Waals surface area contributed by atoms with E-state index in [0.29, 0.717) is 10.2 Å². The maximum atomic E-state index is 12.2. The second-order valence-corrected chi connectivity index (χ2v) is 6.37. The van der Waals surface area contributed by atoms with Crippen LogP contribution in [0.5, 0.6) is 0 Å². The molecule has 0 saturated carbocycles. The van der Waals surface area contributed by atoms with Crippen LogP contribution < -0.4 is 5.32 Å². The second-order valence-electron chi connectivity index (χ2n) is 4.02. The summed E-state index contributed by atoms with van der Waals surface area (Å²) in [5, 5.41) is 2.79. The predicted octanol–water partition coefficient (Wildman–Crippen LogP) is 5.36. The maximum Gasteiger partial charge on any atom is 0.446 e. The molecule has 0 aliphatic heterocycles. The van der Waals surface area contributed by atoms with Crippen molar-refractivity contribution in [2.24, 2.45) is 0 Å². The molecular weight excluding hydrogens is 405 g/mol. The zero-order valence-corrected chi connectivity index (χ0v) is 13.8. The summed E-state index contributed by atoms with van der Waals surface area (Å²) in [6.45, 7) is 0. The third kappa shape index (κ3) is 4.89. The van der Waals surface area contributed by atoms with Crippen molar-refractivity contribution in [3.8, 4) is 0 Å². The molecule has 2 aromatic rings. The molecule has 1 heterocycles. The van der Waals surface area contributed by atoms with E-state index in [1.807, 2.05) is 0 Å². The van der Waals surface area contributed by atoms with E-state index >= 15 is 0 Å². The van der Waals surface area contributed by atoms with Crippen LogP contribution in [0.25, 0.3) is 0 Å². The zero-order chi connectivity index (χ0) is 16.3. The van der Waals surface area contributed by atoms with Gasteiger partial charge in [0.2, 0.25) is 0 Å². The molecule has 0 atom stereocenters. The first-order valence-corrected chi connectivity index (χ1v) is 7.71. The van der Waals surface area contributed by atoms with Crippen molar-refractivity contribution in [2.45, 2.75) is 10.4 Å². The van der Waals surface area contributed by atoms with Crippen LogP contribution in [0.4, 0.5) is 18.9 Å². The van der Waals surface area contributed by atoms with Gasteiger partial charge in [0.15, 0.2) is 0 Å². The third-order valence-corrected chi connectivity index (χ3v) is 4.28. The number of halogens is 5. The Morgan fingerprint density at radius 3 is 2.45 bits per heavy atom. The van der Waals surface area contributed by atoms with Crippen molar-refractivity contribution < 1.29 is 18.0 Å². The molecule has 0 bridgehead atoms. The van der Waals surface area contributed by atoms with Crippen molar-refractivity contribution >= 4 is 50.9 Å². The first-order valence-electron chi connectivity index (χ1n) is 5.73. The van der Waals surface area contributed by atoms with Crippen LogP contribution in [0.2, 0.25) is 5.15 Å². The Labute approximate surface area is 141 Å². The van der Waals surface area contributed by atoms with Gasteiger partial charge in [-0.2, -0.15) is 13.2 Å². The topological polar surface area (TPSA) is 42.0 Å². The largest absolute Gasteiger partial charge is 0.446 e. The molecular formula is C13H7BrClF3N2OS. The molecule has 2 rings (SSSR count). The van der Waals surface area contributed by atoms with Gasteiger partial charge in [0.1, 0.15) is 5.15 Å². The Kier molecular flexibility index (Phi) is 5.36. The molecule has 22 heavy (non-hydrogen) atoms. The first kappa shape index (κ1) is 17.1. The van der Waals surface area contributed by atoms with E-state index in [1.165, 1.54) is 36.5 Å². The zero-order valence-electron chi connectivity index (χ0n) is 10.6. The summed E-state index contributed by atoms with van der Waals surface area (Å²) in [5.41, 5.74) is -3.70. The van der Waals surface area contributed by atoms with E-state index in [4.69, 9.17) is 11.6 Å². The van der Waals surface area contributed by atoms with Gasteiger partial charge in [-0.25, -0.2) is 4.98 Å². The van der Waals surface area contributed by atoms with Gasteiger partial charge in [0.05, 0.1) is 10.0 Å². The molecule has 0 aliphatic carbocycles. The number of rotatable bonds is 3. The van der Waals surface area contributed by atoms with E-state index in [9.17, 15) is 18.0 Å². The van der Waals surface area contributed by atoms with Gasteiger partial charge in [-0.15, -0.1) is 0 Å². The van der Waals surface area contributed by atoms with Crippen LogP contribution in [0.15, 0.2) is 45.9 Å². The van der Waals surface area contributed by atoms with Gasteiger partial charge >= 0.3 is 5.51 Å². The predicted molar refractivity (Wildman–Crippen MR) is 83.3 cm³/mol. The molecule has 1 N–H and O–H groups in total. The number of benzene rings is 1. The highest BCUT2D eigenvalue weighted by Gasteiger charge is 2.29. The fraction of sp³-hybridized carbons (Fsp3) is 0.0769. The van der Waals surface area contributed by atoms with Crippen LogP contribution in [0.1, 0.15) is 10.4 Å². The number of pyridine rings is 1. The lowest BCUT2D eigenvalue weighted by molar-refractivity contribution is -0.0328. The maximum absolute atomic E-state index is 12.2. The van der Waals surface area contributed by atoms with Crippen LogP contribution in [-0.4, -0.2) is 16.4 Å². The highest BCUT2D eigenvalue weighted by Crippen LogP contribution is 2.37. The molecule has 3 nitrogen and oxygen atoms in total. The molecule has 0 radical (unpaired) electrons. The highest BCUT2D eigenvalue weighted by molar-refractivity contribution is 9.10. The number of thioether (sulfide) groups is 1. The summed E-state index contributed by atoms with van der Waals surface area (Å²) in [7, 11) is 0. The average Bonchev–Trinajstić information content (AvgIpc) is 2.42. The SMILES string of the molecule is O=C(Nc1ccc(SC(F)(F)F)cc1)c1cnc(Cl)c(Br)c1. The van der Waals surface area contributed by atoms with E-state index in [1.54, 1.807) is 0 Å². The number of hydrogen-bond donors (Lipinski definition) is 1. The van der Waals surface area contributed by atoms with Crippen molar-refractivity contribution in [3.05, 3.63) is 51.7 Å². The van der Waals surface area contributed by atoms with Crippen LogP contribution in [0.3, 0.4) is 0 Å². The third-order valence-electron chi connectivity index (χ3n) is 2.40. The lowest BCUT2D eigenvalue weighted by atomic mass is 10.2. The minimum Gasteiger partial charge on any atom is -0.322 e. The monoisotopic (exact) mass is 410 g/mol. The number of carbonyl (C=O) groups excluding carboxylic acids is 1. The van der Waals surface area contributed by atoms with Crippen LogP contribution in [0, 0.1) is 0 Å². The number of nitrogens with zero attached hydrogens (tertiary/aromatic N) is 1. The molecule has 0 saturated heterocycles. The number of alkyl halides is 3. The molecule has 1 amide bonds. The fourth-order valence-electron chi connectivity index (χ4n) is 1.49. The summed E-state index contributed by atoms with van der Waals surface area (Å²) < 4.78 is 37.1. The average molecular weight is 412 g/mol. The van der Waals surface area contributed by atoms with Gasteiger partial charge in [-0.3, -0.25) is 4.79 Å². The van der Waals surface area contributed by atoms with Gasteiger partial charge in [0.25, 0.3) is 5.91 Å². The molecule has 1 aromatic carbocycles. The van der Waals surface area contributed by atoms with Gasteiger partial charge in [0, 0.05) is 16.8 Å². The number of anilines is 1. The molecule has 0 spiro atoms. The van der Waals surface area contributed by atoms with Gasteiger partial charge in [-0.1, -0.05) is 11.6 Å². The van der Waals surface area contributed by atoms with Gasteiger partial charge < -0.3 is 5.32 Å². The molecule has 0 unspecified atom stereocenters. The molecule has 0 fully saturated rings. The number of amides is 1. The lowest BCUT2D eigenvalue weighted by Crippen LogP contribution is -2.12. The molecule has 0 aliphatic rings. The first-order chi connectivity index (χ1) is 10.2. The molecule has 9 heteroatoms. The van der Waals surface area contributed by atoms with Crippen LogP contribution in [-0.2, 0) is 0 Å². The lowest BCUT2D eigenvalue weighted by Gasteiger charge is -2.08. The Balaban J connectivity index is 2.07. The summed E-state index contributed by atoms with van der Waals surface area (Å²) >= 11 is 8.67. The minimum absolute atomic E-state index is 0.0430.